The molecule has 0 N–H and O–H groups in total. The number of hydrogen-bond acceptors (Lipinski definition) is 3. The number of pyridine rings is 1. The molecule has 0 radical (unpaired) electrons. The van der Waals surface area contributed by atoms with E-state index in [2.05, 4.69) is 18.8 Å². The highest BCUT2D eigenvalue weighted by Gasteiger charge is 2.21. The molecule has 1 heterocycles. The normalized spacial score (nSPS) is 10.8. The smallest absolute Gasteiger partial charge is 0.265 e. The quantitative estimate of drug-likeness (QED) is 0.558. The van der Waals surface area contributed by atoms with Gasteiger partial charge >= 0.3 is 0 Å². The molecule has 0 spiro atoms. The van der Waals surface area contributed by atoms with Crippen LogP contribution in [-0.4, -0.2) is 17.5 Å². The van der Waals surface area contributed by atoms with Gasteiger partial charge in [0.25, 0.3) is 5.91 Å². The minimum absolute atomic E-state index is 0.0270. The maximum Gasteiger partial charge on any atom is 0.265 e. The molecule has 0 bridgehead atoms. The van der Waals surface area contributed by atoms with E-state index in [4.69, 9.17) is 4.74 Å². The number of benzene rings is 2. The lowest BCUT2D eigenvalue weighted by Gasteiger charge is -2.23. The SMILES string of the molecule is CC(C)c1ccc(OCC(=O)N(Cc2ccccn2)c2ccc(F)cc2F)cc1. The molecule has 1 amide bonds. The Morgan fingerprint density at radius 3 is 2.45 bits per heavy atom. The van der Waals surface area contributed by atoms with Gasteiger partial charge in [-0.25, -0.2) is 8.78 Å². The fourth-order valence-electron chi connectivity index (χ4n) is 2.83. The lowest BCUT2D eigenvalue weighted by atomic mass is 10.0. The lowest BCUT2D eigenvalue weighted by molar-refractivity contribution is -0.120. The van der Waals surface area contributed by atoms with Crippen LogP contribution in [0.4, 0.5) is 14.5 Å². The number of carbonyl (C=O) groups excluding carboxylic acids is 1. The van der Waals surface area contributed by atoms with Gasteiger partial charge in [0.05, 0.1) is 17.9 Å². The summed E-state index contributed by atoms with van der Waals surface area (Å²) in [7, 11) is 0. The molecule has 4 nitrogen and oxygen atoms in total. The minimum Gasteiger partial charge on any atom is -0.484 e. The van der Waals surface area contributed by atoms with E-state index in [0.29, 0.717) is 17.4 Å². The van der Waals surface area contributed by atoms with E-state index in [0.717, 1.165) is 17.7 Å². The van der Waals surface area contributed by atoms with Crippen molar-refractivity contribution >= 4 is 11.6 Å². The van der Waals surface area contributed by atoms with Crippen LogP contribution in [-0.2, 0) is 11.3 Å². The number of hydrogen-bond donors (Lipinski definition) is 0. The summed E-state index contributed by atoms with van der Waals surface area (Å²) in [5, 5.41) is 0. The molecule has 6 heteroatoms. The summed E-state index contributed by atoms with van der Waals surface area (Å²) < 4.78 is 33.3. The van der Waals surface area contributed by atoms with E-state index in [1.54, 1.807) is 36.5 Å². The summed E-state index contributed by atoms with van der Waals surface area (Å²) in [6.07, 6.45) is 1.59. The molecular weight excluding hydrogens is 374 g/mol. The second-order valence-electron chi connectivity index (χ2n) is 6.91. The van der Waals surface area contributed by atoms with Crippen molar-refractivity contribution in [3.05, 3.63) is 89.8 Å². The number of ether oxygens (including phenoxy) is 1. The van der Waals surface area contributed by atoms with Crippen LogP contribution in [0.1, 0.15) is 31.0 Å². The largest absolute Gasteiger partial charge is 0.484 e. The van der Waals surface area contributed by atoms with Crippen LogP contribution in [0, 0.1) is 11.6 Å². The highest BCUT2D eigenvalue weighted by molar-refractivity contribution is 5.94. The Morgan fingerprint density at radius 1 is 1.07 bits per heavy atom. The van der Waals surface area contributed by atoms with Gasteiger partial charge in [-0.15, -0.1) is 0 Å². The van der Waals surface area contributed by atoms with Crippen LogP contribution < -0.4 is 9.64 Å². The first kappa shape index (κ1) is 20.5. The molecule has 0 aliphatic heterocycles. The van der Waals surface area contributed by atoms with Crippen LogP contribution in [0.15, 0.2) is 66.9 Å². The first-order valence-electron chi connectivity index (χ1n) is 9.32. The molecule has 3 aromatic rings. The van der Waals surface area contributed by atoms with Crippen LogP contribution in [0.25, 0.3) is 0 Å². The average Bonchev–Trinajstić information content (AvgIpc) is 2.72. The average molecular weight is 396 g/mol. The zero-order valence-corrected chi connectivity index (χ0v) is 16.3. The highest BCUT2D eigenvalue weighted by atomic mass is 19.1. The molecule has 0 saturated carbocycles. The zero-order valence-electron chi connectivity index (χ0n) is 16.3. The number of anilines is 1. The molecule has 0 aliphatic carbocycles. The number of nitrogens with zero attached hydrogens (tertiary/aromatic N) is 2. The monoisotopic (exact) mass is 396 g/mol. The van der Waals surface area contributed by atoms with E-state index in [9.17, 15) is 13.6 Å². The summed E-state index contributed by atoms with van der Waals surface area (Å²) in [6, 6.07) is 15.8. The van der Waals surface area contributed by atoms with Gasteiger partial charge < -0.3 is 9.64 Å². The van der Waals surface area contributed by atoms with E-state index < -0.39 is 17.5 Å². The van der Waals surface area contributed by atoms with E-state index >= 15 is 0 Å². The lowest BCUT2D eigenvalue weighted by Crippen LogP contribution is -2.35. The fraction of sp³-hybridized carbons (Fsp3) is 0.217. The third kappa shape index (κ3) is 5.38. The third-order valence-electron chi connectivity index (χ3n) is 4.46. The number of halogens is 2. The van der Waals surface area contributed by atoms with Gasteiger partial charge in [-0.2, -0.15) is 0 Å². The van der Waals surface area contributed by atoms with Crippen LogP contribution in [0.3, 0.4) is 0 Å². The van der Waals surface area contributed by atoms with Gasteiger partial charge in [0.15, 0.2) is 6.61 Å². The molecule has 29 heavy (non-hydrogen) atoms. The molecule has 1 aromatic heterocycles. The maximum atomic E-state index is 14.4. The Bertz CT molecular complexity index is 960. The molecule has 0 atom stereocenters. The van der Waals surface area contributed by atoms with Crippen molar-refractivity contribution < 1.29 is 18.3 Å². The highest BCUT2D eigenvalue weighted by Crippen LogP contribution is 2.23. The standard InChI is InChI=1S/C23H22F2N2O2/c1-16(2)17-6-9-20(10-7-17)29-15-23(28)27(14-19-5-3-4-12-26-19)22-11-8-18(24)13-21(22)25/h3-13,16H,14-15H2,1-2H3. The third-order valence-corrected chi connectivity index (χ3v) is 4.46. The fourth-order valence-corrected chi connectivity index (χ4v) is 2.83. The summed E-state index contributed by atoms with van der Waals surface area (Å²) >= 11 is 0. The van der Waals surface area contributed by atoms with Gasteiger partial charge in [0.2, 0.25) is 0 Å². The van der Waals surface area contributed by atoms with Crippen LogP contribution in [0.2, 0.25) is 0 Å². The molecule has 3 rings (SSSR count). The van der Waals surface area contributed by atoms with E-state index in [1.165, 1.54) is 11.0 Å². The first-order chi connectivity index (χ1) is 13.9. The predicted molar refractivity (Wildman–Crippen MR) is 108 cm³/mol. The molecule has 0 unspecified atom stereocenters. The molecule has 0 saturated heterocycles. The summed E-state index contributed by atoms with van der Waals surface area (Å²) in [6.45, 7) is 3.93. The van der Waals surface area contributed by atoms with Gasteiger partial charge in [-0.1, -0.05) is 32.0 Å². The number of carbonyl (C=O) groups is 1. The van der Waals surface area contributed by atoms with Gasteiger partial charge in [0.1, 0.15) is 17.4 Å². The zero-order chi connectivity index (χ0) is 20.8. The molecule has 0 fully saturated rings. The number of amides is 1. The summed E-state index contributed by atoms with van der Waals surface area (Å²) in [4.78, 5) is 18.2. The van der Waals surface area contributed by atoms with Crippen LogP contribution >= 0.6 is 0 Å². The Labute approximate surface area is 168 Å². The van der Waals surface area contributed by atoms with Gasteiger partial charge in [0, 0.05) is 12.3 Å². The Morgan fingerprint density at radius 2 is 1.83 bits per heavy atom. The van der Waals surface area contributed by atoms with Crippen molar-refractivity contribution in [2.24, 2.45) is 0 Å². The second kappa shape index (κ2) is 9.28. The molecule has 0 aliphatic rings. The van der Waals surface area contributed by atoms with Crippen molar-refractivity contribution in [3.63, 3.8) is 0 Å². The molecule has 2 aromatic carbocycles. The number of rotatable bonds is 7. The summed E-state index contributed by atoms with van der Waals surface area (Å²) in [5.74, 6) is -1.07. The Hall–Kier alpha value is -3.28. The van der Waals surface area contributed by atoms with Crippen LogP contribution in [0.5, 0.6) is 5.75 Å². The van der Waals surface area contributed by atoms with Gasteiger partial charge in [-0.05, 0) is 47.9 Å². The van der Waals surface area contributed by atoms with Crippen molar-refractivity contribution in [1.29, 1.82) is 0 Å². The minimum atomic E-state index is -0.824. The van der Waals surface area contributed by atoms with E-state index in [1.807, 2.05) is 12.1 Å². The molecular formula is C23H22F2N2O2. The predicted octanol–water partition coefficient (Wildman–Crippen LogP) is 5.10. The second-order valence-corrected chi connectivity index (χ2v) is 6.91. The Kier molecular flexibility index (Phi) is 6.54. The topological polar surface area (TPSA) is 42.4 Å². The number of aromatic nitrogens is 1. The molecule has 150 valence electrons. The van der Waals surface area contributed by atoms with Crippen molar-refractivity contribution in [1.82, 2.24) is 4.98 Å². The maximum absolute atomic E-state index is 14.4. The van der Waals surface area contributed by atoms with E-state index in [-0.39, 0.29) is 18.8 Å². The first-order valence-corrected chi connectivity index (χ1v) is 9.32. The Balaban J connectivity index is 1.78. The van der Waals surface area contributed by atoms with Crippen molar-refractivity contribution in [2.75, 3.05) is 11.5 Å². The van der Waals surface area contributed by atoms with Crippen molar-refractivity contribution in [2.45, 2.75) is 26.3 Å². The summed E-state index contributed by atoms with van der Waals surface area (Å²) in [5.41, 5.74) is 1.71. The van der Waals surface area contributed by atoms with Crippen molar-refractivity contribution in [3.8, 4) is 5.75 Å². The van der Waals surface area contributed by atoms with Gasteiger partial charge in [-0.3, -0.25) is 9.78 Å².